The summed E-state index contributed by atoms with van der Waals surface area (Å²) >= 11 is 9.26. The molecule has 16 heavy (non-hydrogen) atoms. The van der Waals surface area contributed by atoms with Crippen molar-refractivity contribution in [2.45, 2.75) is 0 Å². The second-order valence-electron chi connectivity index (χ2n) is 2.92. The molecule has 0 aliphatic heterocycles. The van der Waals surface area contributed by atoms with Crippen molar-refractivity contribution >= 4 is 54.8 Å². The molecule has 0 spiro atoms. The molecule has 0 saturated carbocycles. The lowest BCUT2D eigenvalue weighted by molar-refractivity contribution is 1.40. The van der Waals surface area contributed by atoms with Crippen molar-refractivity contribution < 1.29 is 0 Å². The molecule has 2 N–H and O–H groups in total. The summed E-state index contributed by atoms with van der Waals surface area (Å²) in [6.07, 6.45) is 0. The average Bonchev–Trinajstić information content (AvgIpc) is 2.61. The summed E-state index contributed by atoms with van der Waals surface area (Å²) < 4.78 is 1.01. The first-order valence-electron chi connectivity index (χ1n) is 4.31. The standard InChI is InChI=1S/C10H6BrN3S2/c11-7-3-1-6(2-4-7)8-9(13-5-15)16-10(12)14-8/h1-4H,(H2,12,14). The molecule has 3 nitrogen and oxygen atoms in total. The minimum atomic E-state index is 0.474. The molecule has 0 aliphatic carbocycles. The number of nitrogen functional groups attached to an aromatic ring is 1. The third-order valence-electron chi connectivity index (χ3n) is 1.89. The van der Waals surface area contributed by atoms with Crippen LogP contribution in [0.5, 0.6) is 0 Å². The Balaban J connectivity index is 2.54. The maximum atomic E-state index is 5.65. The van der Waals surface area contributed by atoms with Crippen molar-refractivity contribution in [3.8, 4) is 11.3 Å². The van der Waals surface area contributed by atoms with Gasteiger partial charge in [-0.25, -0.2) is 4.98 Å². The second-order valence-corrected chi connectivity index (χ2v) is 5.02. The fourth-order valence-electron chi connectivity index (χ4n) is 1.24. The molecule has 0 saturated heterocycles. The van der Waals surface area contributed by atoms with Crippen LogP contribution in [0.2, 0.25) is 0 Å². The van der Waals surface area contributed by atoms with Gasteiger partial charge in [-0.2, -0.15) is 4.99 Å². The molecular formula is C10H6BrN3S2. The van der Waals surface area contributed by atoms with E-state index in [0.717, 1.165) is 15.7 Å². The molecule has 1 aromatic heterocycles. The number of halogens is 1. The van der Waals surface area contributed by atoms with Crippen LogP contribution < -0.4 is 5.73 Å². The van der Waals surface area contributed by atoms with E-state index < -0.39 is 0 Å². The molecular weight excluding hydrogens is 306 g/mol. The summed E-state index contributed by atoms with van der Waals surface area (Å²) in [6.45, 7) is 0. The number of aromatic nitrogens is 1. The first-order chi connectivity index (χ1) is 7.70. The first kappa shape index (κ1) is 11.4. The van der Waals surface area contributed by atoms with Gasteiger partial charge < -0.3 is 5.73 Å². The maximum absolute atomic E-state index is 5.65. The molecule has 0 bridgehead atoms. The van der Waals surface area contributed by atoms with Crippen LogP contribution in [0.4, 0.5) is 10.1 Å². The molecule has 80 valence electrons. The van der Waals surface area contributed by atoms with Gasteiger partial charge in [-0.3, -0.25) is 0 Å². The van der Waals surface area contributed by atoms with Gasteiger partial charge in [0.1, 0.15) is 5.69 Å². The number of isothiocyanates is 1. The number of nitrogens with two attached hydrogens (primary N) is 1. The van der Waals surface area contributed by atoms with Gasteiger partial charge in [-0.1, -0.05) is 39.4 Å². The highest BCUT2D eigenvalue weighted by molar-refractivity contribution is 9.10. The Kier molecular flexibility index (Phi) is 3.46. The smallest absolute Gasteiger partial charge is 0.182 e. The average molecular weight is 312 g/mol. The van der Waals surface area contributed by atoms with Crippen LogP contribution in [0.3, 0.4) is 0 Å². The predicted octanol–water partition coefficient (Wildman–Crippen LogP) is 3.89. The van der Waals surface area contributed by atoms with Crippen molar-refractivity contribution in [2.24, 2.45) is 4.99 Å². The molecule has 1 aromatic carbocycles. The van der Waals surface area contributed by atoms with Crippen molar-refractivity contribution in [1.82, 2.24) is 4.98 Å². The van der Waals surface area contributed by atoms with Crippen LogP contribution in [0, 0.1) is 0 Å². The summed E-state index contributed by atoms with van der Waals surface area (Å²) in [5.41, 5.74) is 7.35. The van der Waals surface area contributed by atoms with E-state index in [2.05, 4.69) is 43.3 Å². The normalized spacial score (nSPS) is 9.81. The number of benzene rings is 1. The highest BCUT2D eigenvalue weighted by Crippen LogP contribution is 2.36. The largest absolute Gasteiger partial charge is 0.375 e. The maximum Gasteiger partial charge on any atom is 0.182 e. The topological polar surface area (TPSA) is 51.3 Å². The quantitative estimate of drug-likeness (QED) is 0.676. The Bertz CT molecular complexity index is 556. The van der Waals surface area contributed by atoms with Gasteiger partial charge in [0.2, 0.25) is 0 Å². The second kappa shape index (κ2) is 4.84. The highest BCUT2D eigenvalue weighted by atomic mass is 79.9. The highest BCUT2D eigenvalue weighted by Gasteiger charge is 2.10. The Morgan fingerprint density at radius 2 is 2.06 bits per heavy atom. The molecule has 6 heteroatoms. The van der Waals surface area contributed by atoms with E-state index in [9.17, 15) is 0 Å². The zero-order valence-corrected chi connectivity index (χ0v) is 11.2. The van der Waals surface area contributed by atoms with Crippen LogP contribution in [0.1, 0.15) is 0 Å². The third kappa shape index (κ3) is 2.36. The Labute approximate surface area is 110 Å². The van der Waals surface area contributed by atoms with Crippen LogP contribution in [-0.2, 0) is 0 Å². The lowest BCUT2D eigenvalue weighted by atomic mass is 10.2. The van der Waals surface area contributed by atoms with Crippen molar-refractivity contribution in [3.05, 3.63) is 28.7 Å². The van der Waals surface area contributed by atoms with Crippen molar-refractivity contribution in [3.63, 3.8) is 0 Å². The molecule has 0 unspecified atom stereocenters. The molecule has 2 aromatic rings. The lowest BCUT2D eigenvalue weighted by Gasteiger charge is -1.97. The minimum Gasteiger partial charge on any atom is -0.375 e. The molecule has 1 heterocycles. The number of thiocarbonyl (C=S) groups is 1. The molecule has 0 aliphatic rings. The van der Waals surface area contributed by atoms with Gasteiger partial charge in [0.05, 0.1) is 5.16 Å². The van der Waals surface area contributed by atoms with Crippen LogP contribution in [0.25, 0.3) is 11.3 Å². The Morgan fingerprint density at radius 1 is 1.38 bits per heavy atom. The van der Waals surface area contributed by atoms with E-state index in [1.807, 2.05) is 24.3 Å². The van der Waals surface area contributed by atoms with E-state index >= 15 is 0 Å². The first-order valence-corrected chi connectivity index (χ1v) is 6.32. The van der Waals surface area contributed by atoms with Gasteiger partial charge in [-0.15, -0.1) is 0 Å². The Hall–Kier alpha value is -1.07. The third-order valence-corrected chi connectivity index (χ3v) is 3.29. The van der Waals surface area contributed by atoms with Crippen LogP contribution in [0.15, 0.2) is 33.7 Å². The summed E-state index contributed by atoms with van der Waals surface area (Å²) in [7, 11) is 0. The summed E-state index contributed by atoms with van der Waals surface area (Å²) in [5.74, 6) is 0. The number of aliphatic imine (C=N–C) groups is 1. The predicted molar refractivity (Wildman–Crippen MR) is 74.3 cm³/mol. The summed E-state index contributed by atoms with van der Waals surface area (Å²) in [4.78, 5) is 8.19. The SMILES string of the molecule is Nc1nc(-c2ccc(Br)cc2)c(N=C=S)s1. The minimum absolute atomic E-state index is 0.474. The number of nitrogens with zero attached hydrogens (tertiary/aromatic N) is 2. The number of anilines is 1. The number of hydrogen-bond donors (Lipinski definition) is 1. The zero-order chi connectivity index (χ0) is 11.5. The van der Waals surface area contributed by atoms with E-state index in [1.54, 1.807) is 0 Å². The molecule has 0 atom stereocenters. The van der Waals surface area contributed by atoms with E-state index in [-0.39, 0.29) is 0 Å². The van der Waals surface area contributed by atoms with E-state index in [1.165, 1.54) is 11.3 Å². The summed E-state index contributed by atoms with van der Waals surface area (Å²) in [6, 6.07) is 7.77. The summed E-state index contributed by atoms with van der Waals surface area (Å²) in [5, 5.41) is 3.50. The fourth-order valence-corrected chi connectivity index (χ4v) is 2.34. The van der Waals surface area contributed by atoms with Gasteiger partial charge in [-0.05, 0) is 24.4 Å². The van der Waals surface area contributed by atoms with E-state index in [4.69, 9.17) is 5.73 Å². The van der Waals surface area contributed by atoms with E-state index in [0.29, 0.717) is 10.1 Å². The van der Waals surface area contributed by atoms with Crippen molar-refractivity contribution in [2.75, 3.05) is 5.73 Å². The monoisotopic (exact) mass is 311 g/mol. The van der Waals surface area contributed by atoms with Gasteiger partial charge in [0.15, 0.2) is 10.1 Å². The lowest BCUT2D eigenvalue weighted by Crippen LogP contribution is -1.82. The fraction of sp³-hybridized carbons (Fsp3) is 0. The van der Waals surface area contributed by atoms with Crippen molar-refractivity contribution in [1.29, 1.82) is 0 Å². The zero-order valence-electron chi connectivity index (χ0n) is 7.98. The number of hydrogen-bond acceptors (Lipinski definition) is 5. The Morgan fingerprint density at radius 3 is 2.69 bits per heavy atom. The molecule has 0 fully saturated rings. The van der Waals surface area contributed by atoms with Gasteiger partial charge >= 0.3 is 0 Å². The number of rotatable bonds is 2. The number of thiazole rings is 1. The van der Waals surface area contributed by atoms with Crippen LogP contribution >= 0.6 is 39.5 Å². The van der Waals surface area contributed by atoms with Gasteiger partial charge in [0, 0.05) is 10.0 Å². The van der Waals surface area contributed by atoms with Crippen LogP contribution in [-0.4, -0.2) is 10.1 Å². The molecule has 2 rings (SSSR count). The van der Waals surface area contributed by atoms with Gasteiger partial charge in [0.25, 0.3) is 0 Å². The molecule has 0 amide bonds. The molecule has 0 radical (unpaired) electrons.